The smallest absolute Gasteiger partial charge is 0.236 e. The zero-order valence-electron chi connectivity index (χ0n) is 14.2. The Balaban J connectivity index is 1.84. The molecule has 0 aromatic heterocycles. The summed E-state index contributed by atoms with van der Waals surface area (Å²) in [5.41, 5.74) is 1.54. The van der Waals surface area contributed by atoms with Crippen LogP contribution in [0.3, 0.4) is 0 Å². The van der Waals surface area contributed by atoms with E-state index in [4.69, 9.17) is 16.3 Å². The summed E-state index contributed by atoms with van der Waals surface area (Å²) >= 11 is 5.91. The number of nitrogens with one attached hydrogen (secondary N) is 1. The number of methoxy groups -OCH3 is 1. The van der Waals surface area contributed by atoms with Crippen molar-refractivity contribution in [3.05, 3.63) is 53.1 Å². The predicted octanol–water partition coefficient (Wildman–Crippen LogP) is 3.42. The summed E-state index contributed by atoms with van der Waals surface area (Å²) in [4.78, 5) is 13.7. The van der Waals surface area contributed by atoms with Crippen LogP contribution in [0.5, 0.6) is 5.75 Å². The molecular weight excluding hydrogens is 376 g/mol. The minimum absolute atomic E-state index is 0.00207. The van der Waals surface area contributed by atoms with Crippen LogP contribution in [0.2, 0.25) is 5.02 Å². The Morgan fingerprint density at radius 1 is 1.23 bits per heavy atom. The molecule has 0 spiro atoms. The van der Waals surface area contributed by atoms with Crippen molar-refractivity contribution in [3.63, 3.8) is 0 Å². The second kappa shape index (κ2) is 7.55. The molecule has 138 valence electrons. The van der Waals surface area contributed by atoms with Crippen LogP contribution in [0, 0.1) is 0 Å². The van der Waals surface area contributed by atoms with E-state index < -0.39 is 10.0 Å². The maximum absolute atomic E-state index is 12.5. The van der Waals surface area contributed by atoms with Crippen molar-refractivity contribution >= 4 is 38.9 Å². The summed E-state index contributed by atoms with van der Waals surface area (Å²) in [5.74, 6) is 0.331. The highest BCUT2D eigenvalue weighted by Crippen LogP contribution is 2.34. The van der Waals surface area contributed by atoms with Crippen LogP contribution in [0.1, 0.15) is 18.4 Å². The third-order valence-corrected chi connectivity index (χ3v) is 5.56. The number of hydrogen-bond acceptors (Lipinski definition) is 4. The number of hydrogen-bond donors (Lipinski definition) is 1. The van der Waals surface area contributed by atoms with Gasteiger partial charge in [0.2, 0.25) is 15.9 Å². The van der Waals surface area contributed by atoms with Crippen molar-refractivity contribution in [1.29, 1.82) is 0 Å². The molecule has 0 aliphatic carbocycles. The first kappa shape index (κ1) is 18.5. The van der Waals surface area contributed by atoms with Gasteiger partial charge in [-0.1, -0.05) is 23.7 Å². The first-order chi connectivity index (χ1) is 12.4. The van der Waals surface area contributed by atoms with Crippen LogP contribution in [0.25, 0.3) is 0 Å². The fourth-order valence-corrected chi connectivity index (χ4v) is 4.32. The van der Waals surface area contributed by atoms with Gasteiger partial charge in [0.25, 0.3) is 0 Å². The van der Waals surface area contributed by atoms with Crippen molar-refractivity contribution in [2.45, 2.75) is 18.6 Å². The molecule has 1 amide bonds. The molecule has 0 saturated carbocycles. The van der Waals surface area contributed by atoms with Gasteiger partial charge in [-0.2, -0.15) is 0 Å². The second-order valence-corrected chi connectivity index (χ2v) is 8.19. The molecule has 0 unspecified atom stereocenters. The Kier molecular flexibility index (Phi) is 5.38. The minimum atomic E-state index is -3.63. The Morgan fingerprint density at radius 3 is 2.69 bits per heavy atom. The summed E-state index contributed by atoms with van der Waals surface area (Å²) in [6.45, 7) is 0.591. The normalized spacial score (nSPS) is 14.5. The molecule has 0 bridgehead atoms. The lowest BCUT2D eigenvalue weighted by Gasteiger charge is -2.20. The fraction of sp³-hybridized carbons (Fsp3) is 0.278. The van der Waals surface area contributed by atoms with E-state index in [0.717, 1.165) is 6.42 Å². The highest BCUT2D eigenvalue weighted by molar-refractivity contribution is 7.91. The maximum atomic E-state index is 12.5. The Bertz CT molecular complexity index is 931. The molecule has 0 atom stereocenters. The first-order valence-corrected chi connectivity index (χ1v) is 10.1. The zero-order chi connectivity index (χ0) is 18.7. The third-order valence-electron chi connectivity index (χ3n) is 4.06. The molecule has 2 aromatic carbocycles. The number of halogens is 1. The van der Waals surface area contributed by atoms with E-state index in [9.17, 15) is 13.2 Å². The molecule has 1 aliphatic rings. The molecule has 1 saturated heterocycles. The Hall–Kier alpha value is -2.25. The van der Waals surface area contributed by atoms with Gasteiger partial charge in [0.15, 0.2) is 0 Å². The van der Waals surface area contributed by atoms with Gasteiger partial charge >= 0.3 is 0 Å². The number of benzene rings is 2. The Morgan fingerprint density at radius 2 is 2.04 bits per heavy atom. The number of carbonyl (C=O) groups is 1. The SMILES string of the molecule is COc1ccc(NS(=O)(=O)Cc2cccc(Cl)c2)cc1N1CCCC1=O. The van der Waals surface area contributed by atoms with E-state index >= 15 is 0 Å². The van der Waals surface area contributed by atoms with Crippen LogP contribution in [0.4, 0.5) is 11.4 Å². The van der Waals surface area contributed by atoms with Crippen molar-refractivity contribution in [2.24, 2.45) is 0 Å². The fourth-order valence-electron chi connectivity index (χ4n) is 2.93. The van der Waals surface area contributed by atoms with E-state index in [2.05, 4.69) is 4.72 Å². The molecule has 1 fully saturated rings. The summed E-state index contributed by atoms with van der Waals surface area (Å²) < 4.78 is 32.8. The van der Waals surface area contributed by atoms with E-state index in [1.54, 1.807) is 47.4 Å². The topological polar surface area (TPSA) is 75.7 Å². The van der Waals surface area contributed by atoms with E-state index in [-0.39, 0.29) is 11.7 Å². The average molecular weight is 395 g/mol. The van der Waals surface area contributed by atoms with Gasteiger partial charge in [-0.25, -0.2) is 8.42 Å². The number of amides is 1. The number of sulfonamides is 1. The molecule has 1 heterocycles. The maximum Gasteiger partial charge on any atom is 0.236 e. The predicted molar refractivity (Wildman–Crippen MR) is 102 cm³/mol. The van der Waals surface area contributed by atoms with Gasteiger partial charge < -0.3 is 9.64 Å². The van der Waals surface area contributed by atoms with Crippen molar-refractivity contribution in [1.82, 2.24) is 0 Å². The molecule has 0 radical (unpaired) electrons. The quantitative estimate of drug-likeness (QED) is 0.814. The molecule has 2 aromatic rings. The number of rotatable bonds is 6. The van der Waals surface area contributed by atoms with Crippen LogP contribution in [-0.4, -0.2) is 28.0 Å². The van der Waals surface area contributed by atoms with Gasteiger partial charge in [-0.15, -0.1) is 0 Å². The van der Waals surface area contributed by atoms with Crippen LogP contribution in [0.15, 0.2) is 42.5 Å². The van der Waals surface area contributed by atoms with Gasteiger partial charge in [-0.3, -0.25) is 9.52 Å². The van der Waals surface area contributed by atoms with E-state index in [0.29, 0.717) is 40.7 Å². The van der Waals surface area contributed by atoms with Gasteiger partial charge in [-0.05, 0) is 42.3 Å². The molecule has 6 nitrogen and oxygen atoms in total. The standard InChI is InChI=1S/C18H19ClN2O4S/c1-25-17-8-7-15(11-16(17)21-9-3-6-18(21)22)20-26(23,24)12-13-4-2-5-14(19)10-13/h2,4-5,7-8,10-11,20H,3,6,9,12H2,1H3. The van der Waals surface area contributed by atoms with Crippen LogP contribution >= 0.6 is 11.6 Å². The van der Waals surface area contributed by atoms with Gasteiger partial charge in [0.1, 0.15) is 5.75 Å². The molecule has 1 aliphatic heterocycles. The molecular formula is C18H19ClN2O4S. The van der Waals surface area contributed by atoms with Crippen molar-refractivity contribution in [2.75, 3.05) is 23.3 Å². The monoisotopic (exact) mass is 394 g/mol. The number of carbonyl (C=O) groups excluding carboxylic acids is 1. The highest BCUT2D eigenvalue weighted by atomic mass is 35.5. The minimum Gasteiger partial charge on any atom is -0.495 e. The first-order valence-electron chi connectivity index (χ1n) is 8.11. The van der Waals surface area contributed by atoms with Gasteiger partial charge in [0, 0.05) is 18.0 Å². The lowest BCUT2D eigenvalue weighted by Crippen LogP contribution is -2.24. The Labute approximate surface area is 157 Å². The van der Waals surface area contributed by atoms with Gasteiger partial charge in [0.05, 0.1) is 24.2 Å². The second-order valence-electron chi connectivity index (χ2n) is 6.03. The largest absolute Gasteiger partial charge is 0.495 e. The summed E-state index contributed by atoms with van der Waals surface area (Å²) in [5, 5.41) is 0.483. The lowest BCUT2D eigenvalue weighted by molar-refractivity contribution is -0.117. The highest BCUT2D eigenvalue weighted by Gasteiger charge is 2.25. The molecule has 3 rings (SSSR count). The molecule has 26 heavy (non-hydrogen) atoms. The van der Waals surface area contributed by atoms with E-state index in [1.165, 1.54) is 7.11 Å². The number of anilines is 2. The molecule has 8 heteroatoms. The number of nitrogens with zero attached hydrogens (tertiary/aromatic N) is 1. The van der Waals surface area contributed by atoms with Crippen LogP contribution in [-0.2, 0) is 20.6 Å². The lowest BCUT2D eigenvalue weighted by atomic mass is 10.2. The summed E-state index contributed by atoms with van der Waals surface area (Å²) in [7, 11) is -2.11. The average Bonchev–Trinajstić information content (AvgIpc) is 3.00. The zero-order valence-corrected chi connectivity index (χ0v) is 15.8. The number of ether oxygens (including phenoxy) is 1. The molecule has 1 N–H and O–H groups in total. The summed E-state index contributed by atoms with van der Waals surface area (Å²) in [6.07, 6.45) is 1.25. The summed E-state index contributed by atoms with van der Waals surface area (Å²) in [6, 6.07) is 11.6. The van der Waals surface area contributed by atoms with Crippen molar-refractivity contribution in [3.8, 4) is 5.75 Å². The van der Waals surface area contributed by atoms with Crippen molar-refractivity contribution < 1.29 is 17.9 Å². The third kappa shape index (κ3) is 4.28. The van der Waals surface area contributed by atoms with Crippen LogP contribution < -0.4 is 14.4 Å². The van der Waals surface area contributed by atoms with E-state index in [1.807, 2.05) is 0 Å².